The lowest BCUT2D eigenvalue weighted by molar-refractivity contribution is -0.142. The molecular formula is C13H13ClF3N3O3S. The summed E-state index contributed by atoms with van der Waals surface area (Å²) in [4.78, 5) is -0.392. The van der Waals surface area contributed by atoms with E-state index in [-0.39, 0.29) is 10.7 Å². The predicted octanol–water partition coefficient (Wildman–Crippen LogP) is 3.30. The molecule has 0 aliphatic carbocycles. The highest BCUT2D eigenvalue weighted by Crippen LogP contribution is 2.29. The molecule has 0 amide bonds. The first-order chi connectivity index (χ1) is 11.1. The molecule has 0 aliphatic heterocycles. The molecule has 2 aromatic rings. The number of ether oxygens (including phenoxy) is 1. The smallest absolute Gasteiger partial charge is 0.408 e. The fourth-order valence-corrected chi connectivity index (χ4v) is 3.04. The SMILES string of the molecule is CCOc1ccc(NS(=O)(=O)c2cnn(CC(F)(F)F)c2)cc1Cl. The van der Waals surface area contributed by atoms with E-state index in [2.05, 4.69) is 9.82 Å². The molecule has 1 heterocycles. The Bertz CT molecular complexity index is 821. The monoisotopic (exact) mass is 383 g/mol. The van der Waals surface area contributed by atoms with E-state index in [9.17, 15) is 21.6 Å². The number of nitrogens with one attached hydrogen (secondary N) is 1. The van der Waals surface area contributed by atoms with Crippen LogP contribution in [0.15, 0.2) is 35.5 Å². The van der Waals surface area contributed by atoms with Crippen LogP contribution in [-0.2, 0) is 16.6 Å². The van der Waals surface area contributed by atoms with Crippen LogP contribution in [0, 0.1) is 0 Å². The van der Waals surface area contributed by atoms with E-state index in [1.165, 1.54) is 18.2 Å². The highest BCUT2D eigenvalue weighted by Gasteiger charge is 2.29. The minimum absolute atomic E-state index is 0.145. The Morgan fingerprint density at radius 1 is 1.38 bits per heavy atom. The van der Waals surface area contributed by atoms with Crippen molar-refractivity contribution >= 4 is 27.3 Å². The Balaban J connectivity index is 2.18. The number of hydrogen-bond donors (Lipinski definition) is 1. The number of rotatable bonds is 6. The van der Waals surface area contributed by atoms with Gasteiger partial charge in [-0.3, -0.25) is 9.40 Å². The van der Waals surface area contributed by atoms with E-state index in [0.29, 0.717) is 17.0 Å². The van der Waals surface area contributed by atoms with E-state index in [0.717, 1.165) is 12.4 Å². The van der Waals surface area contributed by atoms with Crippen LogP contribution in [0.5, 0.6) is 5.75 Å². The summed E-state index contributed by atoms with van der Waals surface area (Å²) in [6.07, 6.45) is -2.86. The van der Waals surface area contributed by atoms with Crippen LogP contribution in [-0.4, -0.2) is 31.0 Å². The first-order valence-corrected chi connectivity index (χ1v) is 8.51. The van der Waals surface area contributed by atoms with Crippen molar-refractivity contribution in [2.45, 2.75) is 24.5 Å². The number of anilines is 1. The predicted molar refractivity (Wildman–Crippen MR) is 81.7 cm³/mol. The number of benzene rings is 1. The Kier molecular flexibility index (Phi) is 5.29. The van der Waals surface area contributed by atoms with E-state index in [1.807, 2.05) is 0 Å². The maximum absolute atomic E-state index is 12.3. The summed E-state index contributed by atoms with van der Waals surface area (Å²) in [5, 5.41) is 3.60. The van der Waals surface area contributed by atoms with Gasteiger partial charge in [0.15, 0.2) is 0 Å². The molecule has 132 valence electrons. The molecule has 24 heavy (non-hydrogen) atoms. The number of aromatic nitrogens is 2. The maximum atomic E-state index is 12.3. The van der Waals surface area contributed by atoms with Gasteiger partial charge >= 0.3 is 6.18 Å². The molecule has 6 nitrogen and oxygen atoms in total. The average Bonchev–Trinajstić information content (AvgIpc) is 2.89. The van der Waals surface area contributed by atoms with Crippen LogP contribution in [0.3, 0.4) is 0 Å². The zero-order valence-electron chi connectivity index (χ0n) is 12.3. The fourth-order valence-electron chi connectivity index (χ4n) is 1.80. The highest BCUT2D eigenvalue weighted by atomic mass is 35.5. The molecule has 0 bridgehead atoms. The lowest BCUT2D eigenvalue weighted by atomic mass is 10.3. The molecule has 0 atom stereocenters. The van der Waals surface area contributed by atoms with Gasteiger partial charge in [-0.25, -0.2) is 8.42 Å². The number of hydrogen-bond acceptors (Lipinski definition) is 4. The van der Waals surface area contributed by atoms with Gasteiger partial charge in [-0.1, -0.05) is 11.6 Å². The molecule has 11 heteroatoms. The molecule has 0 spiro atoms. The Labute approximate surface area is 141 Å². The second kappa shape index (κ2) is 6.89. The molecule has 0 fully saturated rings. The van der Waals surface area contributed by atoms with Crippen molar-refractivity contribution in [3.63, 3.8) is 0 Å². The third-order valence-corrected chi connectivity index (χ3v) is 4.38. The third-order valence-electron chi connectivity index (χ3n) is 2.75. The van der Waals surface area contributed by atoms with Gasteiger partial charge in [0, 0.05) is 6.20 Å². The summed E-state index contributed by atoms with van der Waals surface area (Å²) in [6.45, 7) is 0.784. The molecule has 1 aromatic heterocycles. The number of alkyl halides is 3. The van der Waals surface area contributed by atoms with Crippen molar-refractivity contribution < 1.29 is 26.3 Å². The number of halogens is 4. The first-order valence-electron chi connectivity index (χ1n) is 6.65. The number of sulfonamides is 1. The zero-order chi connectivity index (χ0) is 18.0. The van der Waals surface area contributed by atoms with Gasteiger partial charge in [0.1, 0.15) is 17.2 Å². The highest BCUT2D eigenvalue weighted by molar-refractivity contribution is 7.92. The molecule has 0 aliphatic rings. The third kappa shape index (κ3) is 4.78. The van der Waals surface area contributed by atoms with Crippen molar-refractivity contribution in [1.29, 1.82) is 0 Å². The van der Waals surface area contributed by atoms with Gasteiger partial charge in [-0.15, -0.1) is 0 Å². The van der Waals surface area contributed by atoms with Crippen LogP contribution in [0.1, 0.15) is 6.92 Å². The molecule has 0 unspecified atom stereocenters. The molecule has 1 aromatic carbocycles. The van der Waals surface area contributed by atoms with Crippen molar-refractivity contribution in [1.82, 2.24) is 9.78 Å². The van der Waals surface area contributed by atoms with Crippen LogP contribution >= 0.6 is 11.6 Å². The van der Waals surface area contributed by atoms with E-state index >= 15 is 0 Å². The average molecular weight is 384 g/mol. The summed E-state index contributed by atoms with van der Waals surface area (Å²) in [5.74, 6) is 0.389. The van der Waals surface area contributed by atoms with Crippen molar-refractivity contribution in [2.24, 2.45) is 0 Å². The quantitative estimate of drug-likeness (QED) is 0.830. The van der Waals surface area contributed by atoms with Gasteiger partial charge in [0.05, 0.1) is 23.5 Å². The normalized spacial score (nSPS) is 12.2. The lowest BCUT2D eigenvalue weighted by Crippen LogP contribution is -2.18. The van der Waals surface area contributed by atoms with Gasteiger partial charge in [0.2, 0.25) is 0 Å². The van der Waals surface area contributed by atoms with Crippen LogP contribution in [0.4, 0.5) is 18.9 Å². The summed E-state index contributed by atoms with van der Waals surface area (Å²) in [5.41, 5.74) is 0.145. The molecule has 0 saturated carbocycles. The first kappa shape index (κ1) is 18.4. The standard InChI is InChI=1S/C13H13ClF3N3O3S/c1-2-23-12-4-3-9(5-11(12)14)19-24(21,22)10-6-18-20(7-10)8-13(15,16)17/h3-7,19H,2,8H2,1H3. The number of nitrogens with zero attached hydrogens (tertiary/aromatic N) is 2. The van der Waals surface area contributed by atoms with Gasteiger partial charge in [-0.05, 0) is 25.1 Å². The Hall–Kier alpha value is -1.94. The van der Waals surface area contributed by atoms with Crippen LogP contribution in [0.25, 0.3) is 0 Å². The van der Waals surface area contributed by atoms with E-state index in [4.69, 9.17) is 16.3 Å². The Morgan fingerprint density at radius 2 is 2.08 bits per heavy atom. The lowest BCUT2D eigenvalue weighted by Gasteiger charge is -2.09. The Morgan fingerprint density at radius 3 is 2.67 bits per heavy atom. The molecular weight excluding hydrogens is 371 g/mol. The topological polar surface area (TPSA) is 73.2 Å². The molecule has 2 rings (SSSR count). The maximum Gasteiger partial charge on any atom is 0.408 e. The molecule has 0 saturated heterocycles. The van der Waals surface area contributed by atoms with Crippen molar-refractivity contribution in [3.8, 4) is 5.75 Å². The summed E-state index contributed by atoms with van der Waals surface area (Å²) in [7, 11) is -4.09. The van der Waals surface area contributed by atoms with Crippen LogP contribution in [0.2, 0.25) is 5.02 Å². The van der Waals surface area contributed by atoms with Crippen molar-refractivity contribution in [3.05, 3.63) is 35.6 Å². The second-order valence-corrected chi connectivity index (χ2v) is 6.76. The molecule has 0 radical (unpaired) electrons. The summed E-state index contributed by atoms with van der Waals surface area (Å²) >= 11 is 5.96. The fraction of sp³-hybridized carbons (Fsp3) is 0.308. The van der Waals surface area contributed by atoms with Gasteiger partial charge < -0.3 is 4.74 Å². The van der Waals surface area contributed by atoms with E-state index < -0.39 is 27.6 Å². The second-order valence-electron chi connectivity index (χ2n) is 4.67. The van der Waals surface area contributed by atoms with Gasteiger partial charge in [-0.2, -0.15) is 18.3 Å². The minimum atomic E-state index is -4.50. The zero-order valence-corrected chi connectivity index (χ0v) is 13.9. The van der Waals surface area contributed by atoms with Crippen molar-refractivity contribution in [2.75, 3.05) is 11.3 Å². The van der Waals surface area contributed by atoms with Crippen LogP contribution < -0.4 is 9.46 Å². The largest absolute Gasteiger partial charge is 0.492 e. The minimum Gasteiger partial charge on any atom is -0.492 e. The summed E-state index contributed by atoms with van der Waals surface area (Å²) < 4.78 is 69.2. The molecule has 1 N–H and O–H groups in total. The van der Waals surface area contributed by atoms with Gasteiger partial charge in [0.25, 0.3) is 10.0 Å². The van der Waals surface area contributed by atoms with E-state index in [1.54, 1.807) is 6.92 Å². The summed E-state index contributed by atoms with van der Waals surface area (Å²) in [6, 6.07) is 4.25.